The molecule has 0 saturated carbocycles. The number of para-hydroxylation sites is 2. The van der Waals surface area contributed by atoms with Crippen LogP contribution in [0.25, 0.3) is 0 Å². The molecule has 6 nitrogen and oxygen atoms in total. The molecule has 0 aliphatic heterocycles. The van der Waals surface area contributed by atoms with Crippen LogP contribution in [0, 0.1) is 6.92 Å². The second-order valence-corrected chi connectivity index (χ2v) is 7.72. The van der Waals surface area contributed by atoms with E-state index in [1.54, 1.807) is 43.3 Å². The molecule has 0 radical (unpaired) electrons. The summed E-state index contributed by atoms with van der Waals surface area (Å²) in [6.07, 6.45) is 0.790. The number of nitrogens with one attached hydrogen (secondary N) is 2. The van der Waals surface area contributed by atoms with Crippen molar-refractivity contribution in [1.29, 1.82) is 0 Å². The molecule has 0 aliphatic carbocycles. The summed E-state index contributed by atoms with van der Waals surface area (Å²) in [6.45, 7) is 5.55. The van der Waals surface area contributed by atoms with Crippen molar-refractivity contribution >= 4 is 21.6 Å². The van der Waals surface area contributed by atoms with E-state index in [0.717, 1.165) is 6.42 Å². The number of ether oxygens (including phenoxy) is 1. The van der Waals surface area contributed by atoms with Gasteiger partial charge in [0, 0.05) is 11.6 Å². The number of hydrogen-bond acceptors (Lipinski definition) is 4. The average Bonchev–Trinajstić information content (AvgIpc) is 2.61. The fourth-order valence-electron chi connectivity index (χ4n) is 2.37. The van der Waals surface area contributed by atoms with Gasteiger partial charge in [0.25, 0.3) is 15.9 Å². The van der Waals surface area contributed by atoms with Crippen molar-refractivity contribution in [3.63, 3.8) is 0 Å². The Morgan fingerprint density at radius 1 is 1.19 bits per heavy atom. The summed E-state index contributed by atoms with van der Waals surface area (Å²) < 4.78 is 33.4. The fraction of sp³-hybridized carbons (Fsp3) is 0.316. The van der Waals surface area contributed by atoms with Gasteiger partial charge in [0.1, 0.15) is 5.75 Å². The molecule has 0 saturated heterocycles. The van der Waals surface area contributed by atoms with E-state index in [1.165, 1.54) is 13.2 Å². The highest BCUT2D eigenvalue weighted by Crippen LogP contribution is 2.27. The molecule has 0 spiro atoms. The molecule has 0 bridgehead atoms. The van der Waals surface area contributed by atoms with Gasteiger partial charge in [0.15, 0.2) is 0 Å². The van der Waals surface area contributed by atoms with E-state index >= 15 is 0 Å². The zero-order valence-electron chi connectivity index (χ0n) is 15.4. The van der Waals surface area contributed by atoms with Gasteiger partial charge in [-0.25, -0.2) is 8.42 Å². The number of aryl methyl sites for hydroxylation is 1. The van der Waals surface area contributed by atoms with E-state index in [0.29, 0.717) is 22.6 Å². The number of benzene rings is 2. The quantitative estimate of drug-likeness (QED) is 0.776. The Bertz CT molecular complexity index is 894. The first-order valence-corrected chi connectivity index (χ1v) is 9.84. The van der Waals surface area contributed by atoms with Crippen LogP contribution in [0.5, 0.6) is 5.75 Å². The third kappa shape index (κ3) is 4.54. The molecule has 2 aromatic rings. The lowest BCUT2D eigenvalue weighted by atomic mass is 10.1. The number of sulfonamides is 1. The van der Waals surface area contributed by atoms with E-state index in [-0.39, 0.29) is 16.8 Å². The molecule has 0 aliphatic rings. The smallest absolute Gasteiger partial charge is 0.262 e. The highest BCUT2D eigenvalue weighted by atomic mass is 32.2. The normalized spacial score (nSPS) is 12.3. The molecular weight excluding hydrogens is 352 g/mol. The monoisotopic (exact) mass is 376 g/mol. The Morgan fingerprint density at radius 2 is 1.88 bits per heavy atom. The van der Waals surface area contributed by atoms with Gasteiger partial charge in [-0.3, -0.25) is 9.52 Å². The minimum atomic E-state index is -3.88. The van der Waals surface area contributed by atoms with Crippen molar-refractivity contribution in [3.05, 3.63) is 53.6 Å². The molecule has 2 N–H and O–H groups in total. The zero-order valence-corrected chi connectivity index (χ0v) is 16.2. The summed E-state index contributed by atoms with van der Waals surface area (Å²) in [5.41, 5.74) is 1.19. The van der Waals surface area contributed by atoms with Crippen LogP contribution in [0.3, 0.4) is 0 Å². The van der Waals surface area contributed by atoms with Crippen LogP contribution >= 0.6 is 0 Å². The van der Waals surface area contributed by atoms with Gasteiger partial charge in [0.2, 0.25) is 0 Å². The van der Waals surface area contributed by atoms with Crippen LogP contribution in [0.4, 0.5) is 5.69 Å². The molecule has 0 aromatic heterocycles. The molecule has 140 valence electrons. The van der Waals surface area contributed by atoms with Crippen LogP contribution < -0.4 is 14.8 Å². The van der Waals surface area contributed by atoms with Gasteiger partial charge >= 0.3 is 0 Å². The van der Waals surface area contributed by atoms with Gasteiger partial charge in [-0.05, 0) is 50.1 Å². The van der Waals surface area contributed by atoms with E-state index in [1.807, 2.05) is 13.8 Å². The average molecular weight is 376 g/mol. The number of hydrogen-bond donors (Lipinski definition) is 2. The van der Waals surface area contributed by atoms with E-state index in [2.05, 4.69) is 10.0 Å². The molecule has 0 fully saturated rings. The fourth-order valence-corrected chi connectivity index (χ4v) is 3.71. The van der Waals surface area contributed by atoms with E-state index < -0.39 is 10.0 Å². The summed E-state index contributed by atoms with van der Waals surface area (Å²) in [5.74, 6) is 0.118. The lowest BCUT2D eigenvalue weighted by molar-refractivity contribution is 0.0939. The largest absolute Gasteiger partial charge is 0.495 e. The Labute approximate surface area is 154 Å². The van der Waals surface area contributed by atoms with Crippen molar-refractivity contribution in [1.82, 2.24) is 5.32 Å². The summed E-state index contributed by atoms with van der Waals surface area (Å²) in [5, 5.41) is 2.84. The van der Waals surface area contributed by atoms with Gasteiger partial charge in [-0.2, -0.15) is 0 Å². The van der Waals surface area contributed by atoms with Crippen LogP contribution in [0.15, 0.2) is 47.4 Å². The van der Waals surface area contributed by atoms with Gasteiger partial charge in [-0.15, -0.1) is 0 Å². The molecule has 0 unspecified atom stereocenters. The summed E-state index contributed by atoms with van der Waals surface area (Å²) in [7, 11) is -2.41. The van der Waals surface area contributed by atoms with Crippen LogP contribution in [-0.2, 0) is 10.0 Å². The molecule has 1 atom stereocenters. The van der Waals surface area contributed by atoms with Crippen molar-refractivity contribution in [2.75, 3.05) is 11.8 Å². The maximum absolute atomic E-state index is 12.8. The number of amides is 1. The van der Waals surface area contributed by atoms with Crippen molar-refractivity contribution < 1.29 is 17.9 Å². The number of rotatable bonds is 7. The first kappa shape index (κ1) is 19.8. The number of carbonyl (C=O) groups is 1. The summed E-state index contributed by atoms with van der Waals surface area (Å²) >= 11 is 0. The van der Waals surface area contributed by atoms with Gasteiger partial charge in [0.05, 0.1) is 17.7 Å². The standard InChI is InChI=1S/C19H24N2O4S/c1-5-14(3)20-19(22)15-11-10-13(2)18(12-15)26(23,24)21-16-8-6-7-9-17(16)25-4/h6-12,14,21H,5H2,1-4H3,(H,20,22)/t14-/m1/s1. The number of methoxy groups -OCH3 is 1. The summed E-state index contributed by atoms with van der Waals surface area (Å²) in [6, 6.07) is 11.4. The number of anilines is 1. The highest BCUT2D eigenvalue weighted by molar-refractivity contribution is 7.92. The topological polar surface area (TPSA) is 84.5 Å². The molecular formula is C19H24N2O4S. The van der Waals surface area contributed by atoms with Crippen molar-refractivity contribution in [2.24, 2.45) is 0 Å². The van der Waals surface area contributed by atoms with Crippen LogP contribution in [0.1, 0.15) is 36.2 Å². The Kier molecular flexibility index (Phi) is 6.26. The minimum Gasteiger partial charge on any atom is -0.495 e. The predicted molar refractivity (Wildman–Crippen MR) is 102 cm³/mol. The lowest BCUT2D eigenvalue weighted by Crippen LogP contribution is -2.32. The maximum atomic E-state index is 12.8. The molecule has 0 heterocycles. The first-order chi connectivity index (χ1) is 12.3. The van der Waals surface area contributed by atoms with Gasteiger partial charge in [-0.1, -0.05) is 25.1 Å². The highest BCUT2D eigenvalue weighted by Gasteiger charge is 2.21. The minimum absolute atomic E-state index is 0.00978. The first-order valence-electron chi connectivity index (χ1n) is 8.35. The maximum Gasteiger partial charge on any atom is 0.262 e. The Morgan fingerprint density at radius 3 is 2.54 bits per heavy atom. The SMILES string of the molecule is CC[C@@H](C)NC(=O)c1ccc(C)c(S(=O)(=O)Nc2ccccc2OC)c1. The van der Waals surface area contributed by atoms with Crippen molar-refractivity contribution in [3.8, 4) is 5.75 Å². The van der Waals surface area contributed by atoms with Crippen LogP contribution in [-0.4, -0.2) is 27.5 Å². The summed E-state index contributed by atoms with van der Waals surface area (Å²) in [4.78, 5) is 12.4. The second kappa shape index (κ2) is 8.23. The third-order valence-electron chi connectivity index (χ3n) is 4.08. The van der Waals surface area contributed by atoms with E-state index in [9.17, 15) is 13.2 Å². The Balaban J connectivity index is 2.37. The van der Waals surface area contributed by atoms with Crippen molar-refractivity contribution in [2.45, 2.75) is 38.1 Å². The second-order valence-electron chi connectivity index (χ2n) is 6.07. The zero-order chi connectivity index (χ0) is 19.3. The molecule has 2 aromatic carbocycles. The van der Waals surface area contributed by atoms with E-state index in [4.69, 9.17) is 4.74 Å². The third-order valence-corrected chi connectivity index (χ3v) is 5.59. The molecule has 1 amide bonds. The van der Waals surface area contributed by atoms with Gasteiger partial charge < -0.3 is 10.1 Å². The van der Waals surface area contributed by atoms with Crippen LogP contribution in [0.2, 0.25) is 0 Å². The lowest BCUT2D eigenvalue weighted by Gasteiger charge is -2.15. The number of carbonyl (C=O) groups excluding carboxylic acids is 1. The molecule has 2 rings (SSSR count). The Hall–Kier alpha value is -2.54. The molecule has 7 heteroatoms. The predicted octanol–water partition coefficient (Wildman–Crippen LogP) is 3.33. The molecule has 26 heavy (non-hydrogen) atoms.